The Bertz CT molecular complexity index is 614. The van der Waals surface area contributed by atoms with Gasteiger partial charge < -0.3 is 9.47 Å². The van der Waals surface area contributed by atoms with Gasteiger partial charge >= 0.3 is 5.97 Å². The number of halogens is 2. The van der Waals surface area contributed by atoms with Gasteiger partial charge in [0, 0.05) is 0 Å². The molecule has 0 bridgehead atoms. The molecule has 0 heterocycles. The van der Waals surface area contributed by atoms with Gasteiger partial charge in [-0.15, -0.1) is 0 Å². The molecule has 2 rings (SSSR count). The first-order valence-electron chi connectivity index (χ1n) is 5.86. The maximum absolute atomic E-state index is 14.0. The molecule has 0 amide bonds. The standard InChI is InChI=1S/C15H12ClFO3/c1-19-15(18)11-7-8-12(16)13(17)14(11)20-9-10-5-3-2-4-6-10/h2-8H,9H2,1H3. The lowest BCUT2D eigenvalue weighted by Crippen LogP contribution is -2.08. The Morgan fingerprint density at radius 3 is 2.55 bits per heavy atom. The van der Waals surface area contributed by atoms with E-state index in [1.165, 1.54) is 19.2 Å². The summed E-state index contributed by atoms with van der Waals surface area (Å²) >= 11 is 5.71. The van der Waals surface area contributed by atoms with Crippen molar-refractivity contribution in [3.8, 4) is 5.75 Å². The van der Waals surface area contributed by atoms with Gasteiger partial charge in [-0.1, -0.05) is 41.9 Å². The summed E-state index contributed by atoms with van der Waals surface area (Å²) in [6.45, 7) is 0.127. The highest BCUT2D eigenvalue weighted by molar-refractivity contribution is 6.31. The van der Waals surface area contributed by atoms with E-state index < -0.39 is 11.8 Å². The lowest BCUT2D eigenvalue weighted by molar-refractivity contribution is 0.0594. The van der Waals surface area contributed by atoms with E-state index in [0.29, 0.717) is 0 Å². The quantitative estimate of drug-likeness (QED) is 0.804. The van der Waals surface area contributed by atoms with Crippen LogP contribution in [0.3, 0.4) is 0 Å². The second kappa shape index (κ2) is 6.39. The summed E-state index contributed by atoms with van der Waals surface area (Å²) in [5.74, 6) is -1.65. The first-order chi connectivity index (χ1) is 9.63. The molecule has 5 heteroatoms. The van der Waals surface area contributed by atoms with Crippen molar-refractivity contribution in [3.05, 3.63) is 64.4 Å². The number of ether oxygens (including phenoxy) is 2. The third-order valence-corrected chi connectivity index (χ3v) is 2.97. The van der Waals surface area contributed by atoms with E-state index in [0.717, 1.165) is 5.56 Å². The number of hydrogen-bond donors (Lipinski definition) is 0. The Kier molecular flexibility index (Phi) is 4.58. The molecule has 0 atom stereocenters. The van der Waals surface area contributed by atoms with Crippen LogP contribution in [0.2, 0.25) is 5.02 Å². The van der Waals surface area contributed by atoms with Crippen molar-refractivity contribution in [2.45, 2.75) is 6.61 Å². The van der Waals surface area contributed by atoms with Gasteiger partial charge in [-0.05, 0) is 17.7 Å². The monoisotopic (exact) mass is 294 g/mol. The topological polar surface area (TPSA) is 35.5 Å². The van der Waals surface area contributed by atoms with Crippen molar-refractivity contribution in [2.24, 2.45) is 0 Å². The minimum absolute atomic E-state index is 0.00494. The van der Waals surface area contributed by atoms with Crippen LogP contribution >= 0.6 is 11.6 Å². The summed E-state index contributed by atoms with van der Waals surface area (Å²) in [5.41, 5.74) is 0.855. The SMILES string of the molecule is COC(=O)c1ccc(Cl)c(F)c1OCc1ccccc1. The fraction of sp³-hybridized carbons (Fsp3) is 0.133. The van der Waals surface area contributed by atoms with Crippen molar-refractivity contribution < 1.29 is 18.7 Å². The number of esters is 1. The molecule has 0 fully saturated rings. The van der Waals surface area contributed by atoms with E-state index in [1.807, 2.05) is 30.3 Å². The van der Waals surface area contributed by atoms with E-state index in [4.69, 9.17) is 16.3 Å². The molecule has 2 aromatic rings. The minimum Gasteiger partial charge on any atom is -0.485 e. The summed E-state index contributed by atoms with van der Waals surface area (Å²) in [5, 5.41) is -0.110. The zero-order valence-corrected chi connectivity index (χ0v) is 11.5. The van der Waals surface area contributed by atoms with Crippen LogP contribution in [0, 0.1) is 5.82 Å². The predicted octanol–water partition coefficient (Wildman–Crippen LogP) is 3.84. The van der Waals surface area contributed by atoms with Crippen LogP contribution in [0.15, 0.2) is 42.5 Å². The van der Waals surface area contributed by atoms with Gasteiger partial charge in [0.1, 0.15) is 12.2 Å². The summed E-state index contributed by atoms with van der Waals surface area (Å²) < 4.78 is 24.0. The zero-order chi connectivity index (χ0) is 14.5. The highest BCUT2D eigenvalue weighted by Crippen LogP contribution is 2.30. The highest BCUT2D eigenvalue weighted by atomic mass is 35.5. The third kappa shape index (κ3) is 3.08. The third-order valence-electron chi connectivity index (χ3n) is 2.68. The van der Waals surface area contributed by atoms with Crippen LogP contribution < -0.4 is 4.74 Å². The zero-order valence-electron chi connectivity index (χ0n) is 10.7. The number of benzene rings is 2. The molecule has 2 aromatic carbocycles. The van der Waals surface area contributed by atoms with Crippen LogP contribution in [-0.4, -0.2) is 13.1 Å². The molecular weight excluding hydrogens is 283 g/mol. The molecule has 0 N–H and O–H groups in total. The van der Waals surface area contributed by atoms with E-state index in [9.17, 15) is 9.18 Å². The van der Waals surface area contributed by atoms with Gasteiger partial charge in [-0.2, -0.15) is 0 Å². The predicted molar refractivity (Wildman–Crippen MR) is 73.5 cm³/mol. The fourth-order valence-corrected chi connectivity index (χ4v) is 1.82. The Morgan fingerprint density at radius 2 is 1.90 bits per heavy atom. The first kappa shape index (κ1) is 14.3. The van der Waals surface area contributed by atoms with Crippen molar-refractivity contribution in [3.63, 3.8) is 0 Å². The number of rotatable bonds is 4. The molecule has 0 aliphatic heterocycles. The summed E-state index contributed by atoms with van der Waals surface area (Å²) in [6.07, 6.45) is 0. The smallest absolute Gasteiger partial charge is 0.341 e. The maximum Gasteiger partial charge on any atom is 0.341 e. The lowest BCUT2D eigenvalue weighted by atomic mass is 10.2. The van der Waals surface area contributed by atoms with Crippen LogP contribution in [0.4, 0.5) is 4.39 Å². The molecule has 0 aromatic heterocycles. The van der Waals surface area contributed by atoms with Crippen molar-refractivity contribution in [1.29, 1.82) is 0 Å². The van der Waals surface area contributed by atoms with Gasteiger partial charge in [-0.25, -0.2) is 9.18 Å². The second-order valence-corrected chi connectivity index (χ2v) is 4.41. The number of methoxy groups -OCH3 is 1. The van der Waals surface area contributed by atoms with Crippen LogP contribution in [0.1, 0.15) is 15.9 Å². The van der Waals surface area contributed by atoms with Gasteiger partial charge in [-0.3, -0.25) is 0 Å². The fourth-order valence-electron chi connectivity index (χ4n) is 1.67. The Hall–Kier alpha value is -2.07. The van der Waals surface area contributed by atoms with Crippen LogP contribution in [0.5, 0.6) is 5.75 Å². The van der Waals surface area contributed by atoms with Crippen LogP contribution in [-0.2, 0) is 11.3 Å². The van der Waals surface area contributed by atoms with E-state index in [-0.39, 0.29) is 22.9 Å². The Labute approximate surface area is 120 Å². The number of carbonyl (C=O) groups excluding carboxylic acids is 1. The highest BCUT2D eigenvalue weighted by Gasteiger charge is 2.20. The molecular formula is C15H12ClFO3. The molecule has 20 heavy (non-hydrogen) atoms. The average molecular weight is 295 g/mol. The molecule has 0 unspecified atom stereocenters. The van der Waals surface area contributed by atoms with Gasteiger partial charge in [0.15, 0.2) is 11.6 Å². The molecule has 0 aliphatic carbocycles. The van der Waals surface area contributed by atoms with E-state index >= 15 is 0 Å². The summed E-state index contributed by atoms with van der Waals surface area (Å²) in [6, 6.07) is 11.9. The largest absolute Gasteiger partial charge is 0.485 e. The molecule has 0 saturated heterocycles. The summed E-state index contributed by atoms with van der Waals surface area (Å²) in [7, 11) is 1.22. The molecule has 0 radical (unpaired) electrons. The number of carbonyl (C=O) groups is 1. The minimum atomic E-state index is -0.773. The van der Waals surface area contributed by atoms with Gasteiger partial charge in [0.25, 0.3) is 0 Å². The molecule has 0 saturated carbocycles. The number of hydrogen-bond acceptors (Lipinski definition) is 3. The van der Waals surface area contributed by atoms with Crippen LogP contribution in [0.25, 0.3) is 0 Å². The van der Waals surface area contributed by atoms with E-state index in [2.05, 4.69) is 4.74 Å². The van der Waals surface area contributed by atoms with Gasteiger partial charge in [0.2, 0.25) is 0 Å². The maximum atomic E-state index is 14.0. The molecule has 104 valence electrons. The van der Waals surface area contributed by atoms with Crippen molar-refractivity contribution >= 4 is 17.6 Å². The first-order valence-corrected chi connectivity index (χ1v) is 6.24. The molecule has 0 aliphatic rings. The van der Waals surface area contributed by atoms with Gasteiger partial charge in [0.05, 0.1) is 12.1 Å². The normalized spacial score (nSPS) is 10.2. The summed E-state index contributed by atoms with van der Waals surface area (Å²) in [4.78, 5) is 11.6. The molecule has 0 spiro atoms. The lowest BCUT2D eigenvalue weighted by Gasteiger charge is -2.12. The Balaban J connectivity index is 2.29. The van der Waals surface area contributed by atoms with Crippen molar-refractivity contribution in [1.82, 2.24) is 0 Å². The second-order valence-electron chi connectivity index (χ2n) is 4.00. The molecule has 3 nitrogen and oxygen atoms in total. The average Bonchev–Trinajstić information content (AvgIpc) is 2.49. The Morgan fingerprint density at radius 1 is 1.20 bits per heavy atom. The van der Waals surface area contributed by atoms with E-state index in [1.54, 1.807) is 0 Å². The van der Waals surface area contributed by atoms with Crippen molar-refractivity contribution in [2.75, 3.05) is 7.11 Å².